The van der Waals surface area contributed by atoms with Crippen LogP contribution in [0.3, 0.4) is 0 Å². The van der Waals surface area contributed by atoms with E-state index in [0.29, 0.717) is 23.6 Å². The molecule has 0 aliphatic rings. The topological polar surface area (TPSA) is 121 Å². The van der Waals surface area contributed by atoms with Crippen LogP contribution in [0.1, 0.15) is 21.6 Å². The molecule has 9 nitrogen and oxygen atoms in total. The average Bonchev–Trinajstić information content (AvgIpc) is 3.21. The van der Waals surface area contributed by atoms with Crippen LogP contribution in [0.2, 0.25) is 0 Å². The Balaban J connectivity index is 1.59. The van der Waals surface area contributed by atoms with Crippen LogP contribution in [0.4, 0.5) is 0 Å². The van der Waals surface area contributed by atoms with Gasteiger partial charge < -0.3 is 15.2 Å². The predicted molar refractivity (Wildman–Crippen MR) is 118 cm³/mol. The third-order valence-corrected chi connectivity index (χ3v) is 4.54. The molecule has 3 rings (SSSR count). The zero-order valence-electron chi connectivity index (χ0n) is 16.6. The van der Waals surface area contributed by atoms with Gasteiger partial charge in [0.2, 0.25) is 0 Å². The van der Waals surface area contributed by atoms with E-state index in [9.17, 15) is 9.59 Å². The molecule has 0 bridgehead atoms. The molecule has 31 heavy (non-hydrogen) atoms. The second kappa shape index (κ2) is 10.4. The number of carbonyl (C=O) groups excluding carboxylic acids is 2. The molecule has 0 aliphatic carbocycles. The third kappa shape index (κ3) is 6.41. The van der Waals surface area contributed by atoms with Gasteiger partial charge in [0.05, 0.1) is 19.9 Å². The molecule has 0 atom stereocenters. The molecule has 0 spiro atoms. The summed E-state index contributed by atoms with van der Waals surface area (Å²) in [6.07, 6.45) is 3.19. The Morgan fingerprint density at radius 2 is 2.06 bits per heavy atom. The first-order chi connectivity index (χ1) is 14.9. The third-order valence-electron chi connectivity index (χ3n) is 4.04. The van der Waals surface area contributed by atoms with Crippen molar-refractivity contribution in [1.29, 1.82) is 0 Å². The average molecular weight is 486 g/mol. The molecule has 3 N–H and O–H groups in total. The molecule has 0 saturated heterocycles. The van der Waals surface area contributed by atoms with Gasteiger partial charge in [0.15, 0.2) is 23.8 Å². The molecule has 0 fully saturated rings. The summed E-state index contributed by atoms with van der Waals surface area (Å²) >= 11 is 3.43. The Bertz CT molecular complexity index is 1110. The van der Waals surface area contributed by atoms with E-state index in [2.05, 4.69) is 31.6 Å². The molecule has 0 radical (unpaired) electrons. The Hall–Kier alpha value is -3.66. The number of methoxy groups -OCH3 is 1. The van der Waals surface area contributed by atoms with Gasteiger partial charge in [-0.1, -0.05) is 28.1 Å². The summed E-state index contributed by atoms with van der Waals surface area (Å²) in [6, 6.07) is 14.4. The number of aromatic nitrogens is 2. The summed E-state index contributed by atoms with van der Waals surface area (Å²) in [6.45, 7) is 0.286. The summed E-state index contributed by atoms with van der Waals surface area (Å²) in [5.41, 5.74) is 9.48. The number of nitrogens with one attached hydrogen (secondary N) is 1. The first-order valence-corrected chi connectivity index (χ1v) is 9.94. The summed E-state index contributed by atoms with van der Waals surface area (Å²) < 4.78 is 13.2. The second-order valence-corrected chi connectivity index (χ2v) is 7.31. The maximum Gasteiger partial charge on any atom is 0.291 e. The Morgan fingerprint density at radius 3 is 2.81 bits per heavy atom. The maximum absolute atomic E-state index is 12.3. The van der Waals surface area contributed by atoms with Gasteiger partial charge in [-0.3, -0.25) is 14.3 Å². The lowest BCUT2D eigenvalue weighted by Crippen LogP contribution is -2.20. The number of primary amides is 1. The molecule has 160 valence electrons. The van der Waals surface area contributed by atoms with E-state index < -0.39 is 11.8 Å². The quantitative estimate of drug-likeness (QED) is 0.355. The molecular formula is C21H20BrN5O4. The number of hydrogen-bond donors (Lipinski definition) is 2. The number of carbonyl (C=O) groups is 2. The smallest absolute Gasteiger partial charge is 0.291 e. The summed E-state index contributed by atoms with van der Waals surface area (Å²) in [4.78, 5) is 23.1. The summed E-state index contributed by atoms with van der Waals surface area (Å²) in [5, 5.41) is 8.23. The van der Waals surface area contributed by atoms with Crippen LogP contribution in [0.15, 0.2) is 64.3 Å². The molecule has 1 aromatic heterocycles. The van der Waals surface area contributed by atoms with Crippen molar-refractivity contribution in [2.45, 2.75) is 6.54 Å². The summed E-state index contributed by atoms with van der Waals surface area (Å²) in [7, 11) is 1.47. The number of ether oxygens (including phenoxy) is 2. The van der Waals surface area contributed by atoms with Crippen molar-refractivity contribution in [2.24, 2.45) is 10.8 Å². The highest BCUT2D eigenvalue weighted by molar-refractivity contribution is 9.10. The minimum atomic E-state index is -0.588. The van der Waals surface area contributed by atoms with Crippen molar-refractivity contribution < 1.29 is 19.1 Å². The van der Waals surface area contributed by atoms with E-state index in [1.54, 1.807) is 35.1 Å². The van der Waals surface area contributed by atoms with Gasteiger partial charge in [0.1, 0.15) is 0 Å². The van der Waals surface area contributed by atoms with E-state index in [1.807, 2.05) is 24.3 Å². The lowest BCUT2D eigenvalue weighted by Gasteiger charge is -2.09. The first kappa shape index (κ1) is 22.0. The van der Waals surface area contributed by atoms with Crippen molar-refractivity contribution in [2.75, 3.05) is 13.7 Å². The fourth-order valence-electron chi connectivity index (χ4n) is 2.65. The number of nitrogens with zero attached hydrogens (tertiary/aromatic N) is 3. The first-order valence-electron chi connectivity index (χ1n) is 9.15. The lowest BCUT2D eigenvalue weighted by atomic mass is 10.2. The molecule has 1 heterocycles. The largest absolute Gasteiger partial charge is 0.493 e. The molecule has 0 saturated carbocycles. The van der Waals surface area contributed by atoms with Gasteiger partial charge in [-0.05, 0) is 47.5 Å². The van der Waals surface area contributed by atoms with Crippen LogP contribution in [0.5, 0.6) is 11.5 Å². The van der Waals surface area contributed by atoms with Crippen molar-refractivity contribution >= 4 is 34.0 Å². The van der Waals surface area contributed by atoms with E-state index in [4.69, 9.17) is 15.2 Å². The normalized spacial score (nSPS) is 10.8. The molecule has 3 aromatic rings. The fraction of sp³-hybridized carbons (Fsp3) is 0.143. The monoisotopic (exact) mass is 485 g/mol. The van der Waals surface area contributed by atoms with Crippen LogP contribution in [-0.2, 0) is 11.3 Å². The number of halogens is 1. The highest BCUT2D eigenvalue weighted by atomic mass is 79.9. The number of amides is 2. The minimum Gasteiger partial charge on any atom is -0.493 e. The molecule has 0 unspecified atom stereocenters. The second-order valence-electron chi connectivity index (χ2n) is 6.39. The number of hydrazone groups is 1. The standard InChI is InChI=1S/C21H20BrN5O4/c1-30-19-10-14(5-6-18(19)31-13-20(23)28)11-24-25-21(29)17-7-8-27(26-17)12-15-3-2-4-16(22)9-15/h2-11H,12-13H2,1H3,(H2,23,28)(H,25,29). The van der Waals surface area contributed by atoms with Gasteiger partial charge in [0, 0.05) is 10.7 Å². The Kier molecular flexibility index (Phi) is 7.39. The lowest BCUT2D eigenvalue weighted by molar-refractivity contribution is -0.119. The van der Waals surface area contributed by atoms with Crippen molar-refractivity contribution in [3.8, 4) is 11.5 Å². The highest BCUT2D eigenvalue weighted by Crippen LogP contribution is 2.27. The van der Waals surface area contributed by atoms with E-state index in [0.717, 1.165) is 10.0 Å². The predicted octanol–water partition coefficient (Wildman–Crippen LogP) is 2.33. The van der Waals surface area contributed by atoms with Crippen molar-refractivity contribution in [3.63, 3.8) is 0 Å². The zero-order chi connectivity index (χ0) is 22.2. The van der Waals surface area contributed by atoms with Crippen molar-refractivity contribution in [1.82, 2.24) is 15.2 Å². The SMILES string of the molecule is COc1cc(C=NNC(=O)c2ccn(Cc3cccc(Br)c3)n2)ccc1OCC(N)=O. The number of rotatable bonds is 9. The number of nitrogens with two attached hydrogens (primary N) is 1. The van der Waals surface area contributed by atoms with Crippen molar-refractivity contribution in [3.05, 3.63) is 76.0 Å². The molecular weight excluding hydrogens is 466 g/mol. The number of benzene rings is 2. The van der Waals surface area contributed by atoms with Gasteiger partial charge in [0.25, 0.3) is 11.8 Å². The van der Waals surface area contributed by atoms with Gasteiger partial charge >= 0.3 is 0 Å². The summed E-state index contributed by atoms with van der Waals surface area (Å²) in [5.74, 6) is -0.242. The van der Waals surface area contributed by atoms with E-state index >= 15 is 0 Å². The Morgan fingerprint density at radius 1 is 1.23 bits per heavy atom. The minimum absolute atomic E-state index is 0.250. The van der Waals surface area contributed by atoms with Gasteiger partial charge in [-0.15, -0.1) is 0 Å². The zero-order valence-corrected chi connectivity index (χ0v) is 18.2. The van der Waals surface area contributed by atoms with Crippen LogP contribution in [0.25, 0.3) is 0 Å². The van der Waals surface area contributed by atoms with Gasteiger partial charge in [-0.25, -0.2) is 5.43 Å². The van der Waals surface area contributed by atoms with Crippen LogP contribution >= 0.6 is 15.9 Å². The Labute approximate surface area is 187 Å². The molecule has 2 amide bonds. The maximum atomic E-state index is 12.3. The van der Waals surface area contributed by atoms with Crippen LogP contribution in [0, 0.1) is 0 Å². The molecule has 0 aliphatic heterocycles. The van der Waals surface area contributed by atoms with Gasteiger partial charge in [-0.2, -0.15) is 10.2 Å². The van der Waals surface area contributed by atoms with Crippen LogP contribution in [-0.4, -0.2) is 41.5 Å². The number of hydrogen-bond acceptors (Lipinski definition) is 6. The van der Waals surface area contributed by atoms with E-state index in [1.165, 1.54) is 13.3 Å². The van der Waals surface area contributed by atoms with E-state index in [-0.39, 0.29) is 12.3 Å². The highest BCUT2D eigenvalue weighted by Gasteiger charge is 2.10. The molecule has 10 heteroatoms. The molecule has 2 aromatic carbocycles. The van der Waals surface area contributed by atoms with Crippen LogP contribution < -0.4 is 20.6 Å². The fourth-order valence-corrected chi connectivity index (χ4v) is 3.10.